The van der Waals surface area contributed by atoms with Gasteiger partial charge in [-0.25, -0.2) is 4.39 Å². The lowest BCUT2D eigenvalue weighted by molar-refractivity contribution is 0.601. The van der Waals surface area contributed by atoms with Gasteiger partial charge < -0.3 is 4.90 Å². The van der Waals surface area contributed by atoms with Crippen LogP contribution < -0.4 is 4.90 Å². The summed E-state index contributed by atoms with van der Waals surface area (Å²) in [5, 5.41) is 0. The number of rotatable bonds is 7. The van der Waals surface area contributed by atoms with Gasteiger partial charge in [-0.1, -0.05) is 25.8 Å². The van der Waals surface area contributed by atoms with E-state index >= 15 is 0 Å². The third-order valence-corrected chi connectivity index (χ3v) is 3.43. The molecule has 0 heterocycles. The van der Waals surface area contributed by atoms with Crippen LogP contribution in [0.5, 0.6) is 0 Å². The molecule has 0 unspecified atom stereocenters. The quantitative estimate of drug-likeness (QED) is 0.500. The van der Waals surface area contributed by atoms with Crippen LogP contribution in [0.15, 0.2) is 18.2 Å². The molecule has 0 saturated carbocycles. The highest BCUT2D eigenvalue weighted by Gasteiger charge is 2.16. The molecule has 0 spiro atoms. The fourth-order valence-corrected chi connectivity index (χ4v) is 2.40. The first-order valence-electron chi connectivity index (χ1n) is 6.71. The van der Waals surface area contributed by atoms with E-state index in [9.17, 15) is 4.39 Å². The van der Waals surface area contributed by atoms with Gasteiger partial charge in [0.25, 0.3) is 0 Å². The van der Waals surface area contributed by atoms with Gasteiger partial charge >= 0.3 is 0 Å². The summed E-state index contributed by atoms with van der Waals surface area (Å²) in [6, 6.07) is 5.56. The van der Waals surface area contributed by atoms with E-state index < -0.39 is 0 Å². The molecule has 0 fully saturated rings. The van der Waals surface area contributed by atoms with Gasteiger partial charge in [-0.05, 0) is 32.4 Å². The third kappa shape index (κ3) is 3.88. The van der Waals surface area contributed by atoms with Gasteiger partial charge in [-0.2, -0.15) is 0 Å². The second-order valence-corrected chi connectivity index (χ2v) is 5.13. The number of alkyl halides is 1. The Morgan fingerprint density at radius 2 is 2.00 bits per heavy atom. The maximum absolute atomic E-state index is 13.8. The summed E-state index contributed by atoms with van der Waals surface area (Å²) in [5.41, 5.74) is 1.56. The molecule has 0 aliphatic rings. The lowest BCUT2D eigenvalue weighted by Crippen LogP contribution is -2.32. The zero-order chi connectivity index (χ0) is 13.5. The molecule has 0 aliphatic carbocycles. The van der Waals surface area contributed by atoms with Gasteiger partial charge in [0.15, 0.2) is 0 Å². The molecule has 1 aromatic rings. The summed E-state index contributed by atoms with van der Waals surface area (Å²) in [6.07, 6.45) is 3.53. The highest BCUT2D eigenvalue weighted by molar-refractivity contribution is 6.17. The molecular weight excluding hydrogens is 249 g/mol. The number of hydrogen-bond acceptors (Lipinski definition) is 1. The van der Waals surface area contributed by atoms with E-state index in [4.69, 9.17) is 11.6 Å². The number of hydrogen-bond donors (Lipinski definition) is 0. The number of halogens is 2. The number of unbranched alkanes of at least 4 members (excludes halogenated alkanes) is 2. The van der Waals surface area contributed by atoms with Gasteiger partial charge in [0, 0.05) is 23.8 Å². The molecule has 18 heavy (non-hydrogen) atoms. The lowest BCUT2D eigenvalue weighted by Gasteiger charge is -2.31. The second kappa shape index (κ2) is 7.63. The maximum atomic E-state index is 13.8. The van der Waals surface area contributed by atoms with Gasteiger partial charge in [0.2, 0.25) is 0 Å². The Kier molecular flexibility index (Phi) is 6.48. The van der Waals surface area contributed by atoms with E-state index in [0.29, 0.717) is 11.6 Å². The van der Waals surface area contributed by atoms with Crippen LogP contribution in [0.4, 0.5) is 10.1 Å². The van der Waals surface area contributed by atoms with Crippen LogP contribution in [0.1, 0.15) is 45.6 Å². The zero-order valence-electron chi connectivity index (χ0n) is 11.5. The summed E-state index contributed by atoms with van der Waals surface area (Å²) in [7, 11) is 0. The van der Waals surface area contributed by atoms with Crippen molar-refractivity contribution in [1.29, 1.82) is 0 Å². The Hall–Kier alpha value is -0.760. The molecule has 1 rings (SSSR count). The Balaban J connectivity index is 2.94. The van der Waals surface area contributed by atoms with Gasteiger partial charge in [0.05, 0.1) is 5.88 Å². The Morgan fingerprint density at radius 1 is 1.28 bits per heavy atom. The first-order valence-corrected chi connectivity index (χ1v) is 7.25. The van der Waals surface area contributed by atoms with Gasteiger partial charge in [0.1, 0.15) is 5.82 Å². The van der Waals surface area contributed by atoms with E-state index in [1.54, 1.807) is 6.07 Å². The van der Waals surface area contributed by atoms with E-state index in [1.807, 2.05) is 6.07 Å². The summed E-state index contributed by atoms with van der Waals surface area (Å²) in [6.45, 7) is 7.41. The molecule has 0 radical (unpaired) electrons. The summed E-state index contributed by atoms with van der Waals surface area (Å²) < 4.78 is 13.8. The predicted molar refractivity (Wildman–Crippen MR) is 78.0 cm³/mol. The molecule has 0 amide bonds. The predicted octanol–water partition coefficient (Wildman–Crippen LogP) is 4.97. The SMILES string of the molecule is CCCCCN(c1cccc(F)c1CCl)C(C)C. The highest BCUT2D eigenvalue weighted by atomic mass is 35.5. The van der Waals surface area contributed by atoms with Crippen molar-refractivity contribution in [2.75, 3.05) is 11.4 Å². The van der Waals surface area contributed by atoms with E-state index in [2.05, 4.69) is 25.7 Å². The summed E-state index contributed by atoms with van der Waals surface area (Å²) in [4.78, 5) is 2.25. The monoisotopic (exact) mass is 271 g/mol. The molecular formula is C15H23ClFN. The van der Waals surface area contributed by atoms with Gasteiger partial charge in [-0.3, -0.25) is 0 Å². The normalized spacial score (nSPS) is 11.0. The maximum Gasteiger partial charge on any atom is 0.129 e. The zero-order valence-corrected chi connectivity index (χ0v) is 12.3. The smallest absolute Gasteiger partial charge is 0.129 e. The average molecular weight is 272 g/mol. The van der Waals surface area contributed by atoms with Crippen molar-refractivity contribution in [2.45, 2.75) is 52.0 Å². The van der Waals surface area contributed by atoms with Crippen LogP contribution in [-0.2, 0) is 5.88 Å². The summed E-state index contributed by atoms with van der Waals surface area (Å²) >= 11 is 5.88. The molecule has 0 atom stereocenters. The Labute approximate surface area is 115 Å². The average Bonchev–Trinajstić information content (AvgIpc) is 2.34. The topological polar surface area (TPSA) is 3.24 Å². The van der Waals surface area contributed by atoms with E-state index in [1.165, 1.54) is 18.9 Å². The molecule has 0 N–H and O–H groups in total. The van der Waals surface area contributed by atoms with Crippen LogP contribution in [0.25, 0.3) is 0 Å². The first kappa shape index (κ1) is 15.3. The number of nitrogens with zero attached hydrogens (tertiary/aromatic N) is 1. The first-order chi connectivity index (χ1) is 8.61. The molecule has 0 aromatic heterocycles. The molecule has 0 bridgehead atoms. The van der Waals surface area contributed by atoms with Crippen molar-refractivity contribution in [3.63, 3.8) is 0 Å². The molecule has 0 saturated heterocycles. The Bertz CT molecular complexity index is 366. The summed E-state index contributed by atoms with van der Waals surface area (Å²) in [5.74, 6) is 0.0163. The standard InChI is InChI=1S/C15H23ClFN/c1-4-5-6-10-18(12(2)3)15-9-7-8-14(17)13(15)11-16/h7-9,12H,4-6,10-11H2,1-3H3. The Morgan fingerprint density at radius 3 is 2.56 bits per heavy atom. The highest BCUT2D eigenvalue weighted by Crippen LogP contribution is 2.27. The van der Waals surface area contributed by atoms with Crippen LogP contribution in [0, 0.1) is 5.82 Å². The van der Waals surface area contributed by atoms with Crippen molar-refractivity contribution in [2.24, 2.45) is 0 Å². The van der Waals surface area contributed by atoms with Crippen LogP contribution in [-0.4, -0.2) is 12.6 Å². The largest absolute Gasteiger partial charge is 0.369 e. The van der Waals surface area contributed by atoms with Crippen molar-refractivity contribution in [3.8, 4) is 0 Å². The second-order valence-electron chi connectivity index (χ2n) is 4.87. The van der Waals surface area contributed by atoms with Crippen LogP contribution in [0.3, 0.4) is 0 Å². The molecule has 3 heteroatoms. The minimum Gasteiger partial charge on any atom is -0.369 e. The molecule has 1 aromatic carbocycles. The minimum absolute atomic E-state index is 0.205. The van der Waals surface area contributed by atoms with Crippen LogP contribution in [0.2, 0.25) is 0 Å². The van der Waals surface area contributed by atoms with Crippen molar-refractivity contribution >= 4 is 17.3 Å². The lowest BCUT2D eigenvalue weighted by atomic mass is 10.1. The number of benzene rings is 1. The third-order valence-electron chi connectivity index (χ3n) is 3.16. The number of anilines is 1. The molecule has 0 aliphatic heterocycles. The van der Waals surface area contributed by atoms with Crippen LogP contribution >= 0.6 is 11.6 Å². The minimum atomic E-state index is -0.205. The van der Waals surface area contributed by atoms with Crippen molar-refractivity contribution < 1.29 is 4.39 Å². The fraction of sp³-hybridized carbons (Fsp3) is 0.600. The fourth-order valence-electron chi connectivity index (χ4n) is 2.14. The van der Waals surface area contributed by atoms with E-state index in [0.717, 1.165) is 18.7 Å². The van der Waals surface area contributed by atoms with Crippen molar-refractivity contribution in [3.05, 3.63) is 29.6 Å². The molecule has 102 valence electrons. The molecule has 1 nitrogen and oxygen atoms in total. The van der Waals surface area contributed by atoms with E-state index in [-0.39, 0.29) is 11.7 Å². The van der Waals surface area contributed by atoms with Crippen molar-refractivity contribution in [1.82, 2.24) is 0 Å². The van der Waals surface area contributed by atoms with Gasteiger partial charge in [-0.15, -0.1) is 11.6 Å².